The van der Waals surface area contributed by atoms with Crippen LogP contribution in [0.25, 0.3) is 0 Å². The molecule has 0 aromatic rings. The third-order valence-electron chi connectivity index (χ3n) is 2.97. The molecule has 0 radical (unpaired) electrons. The van der Waals surface area contributed by atoms with E-state index in [1.54, 1.807) is 0 Å². The number of nitrogens with zero attached hydrogens (tertiary/aromatic N) is 1. The topological polar surface area (TPSA) is 38.5 Å². The standard InChI is InChI=1S/C9H18N2O/c10-4-9-2-1-3-11(9)5-8-6-12-7-8/h8-9H,1-7,10H2. The monoisotopic (exact) mass is 170 g/mol. The Morgan fingerprint density at radius 1 is 1.42 bits per heavy atom. The van der Waals surface area contributed by atoms with E-state index in [0.29, 0.717) is 6.04 Å². The second kappa shape index (κ2) is 3.73. The number of rotatable bonds is 3. The van der Waals surface area contributed by atoms with Gasteiger partial charge in [0.2, 0.25) is 0 Å². The normalized spacial score (nSPS) is 32.2. The first-order valence-corrected chi connectivity index (χ1v) is 4.92. The van der Waals surface area contributed by atoms with Gasteiger partial charge in [0.15, 0.2) is 0 Å². The molecule has 1 atom stereocenters. The van der Waals surface area contributed by atoms with Gasteiger partial charge in [0.05, 0.1) is 13.2 Å². The van der Waals surface area contributed by atoms with Gasteiger partial charge in [-0.05, 0) is 19.4 Å². The molecule has 0 aromatic carbocycles. The minimum atomic E-state index is 0.658. The Morgan fingerprint density at radius 3 is 2.83 bits per heavy atom. The number of nitrogens with two attached hydrogens (primary N) is 1. The van der Waals surface area contributed by atoms with Gasteiger partial charge in [0.25, 0.3) is 0 Å². The first-order chi connectivity index (χ1) is 5.90. The van der Waals surface area contributed by atoms with Crippen molar-refractivity contribution in [3.8, 4) is 0 Å². The van der Waals surface area contributed by atoms with Crippen LogP contribution in [-0.4, -0.2) is 43.8 Å². The predicted molar refractivity (Wildman–Crippen MR) is 48.0 cm³/mol. The van der Waals surface area contributed by atoms with Crippen molar-refractivity contribution in [1.29, 1.82) is 0 Å². The molecule has 2 saturated heterocycles. The zero-order valence-electron chi connectivity index (χ0n) is 7.54. The summed E-state index contributed by atoms with van der Waals surface area (Å²) < 4.78 is 5.16. The highest BCUT2D eigenvalue weighted by Crippen LogP contribution is 2.20. The Kier molecular flexibility index (Phi) is 2.63. The number of likely N-dealkylation sites (tertiary alicyclic amines) is 1. The fourth-order valence-electron chi connectivity index (χ4n) is 2.12. The van der Waals surface area contributed by atoms with Crippen molar-refractivity contribution in [2.75, 3.05) is 32.8 Å². The molecule has 70 valence electrons. The molecule has 12 heavy (non-hydrogen) atoms. The fourth-order valence-corrected chi connectivity index (χ4v) is 2.12. The molecule has 0 amide bonds. The Hall–Kier alpha value is -0.120. The van der Waals surface area contributed by atoms with Crippen LogP contribution < -0.4 is 5.73 Å². The summed E-state index contributed by atoms with van der Waals surface area (Å²) in [6.07, 6.45) is 2.62. The van der Waals surface area contributed by atoms with E-state index in [4.69, 9.17) is 10.5 Å². The SMILES string of the molecule is NCC1CCCN1CC1COC1. The van der Waals surface area contributed by atoms with Crippen LogP contribution in [0.5, 0.6) is 0 Å². The van der Waals surface area contributed by atoms with E-state index in [-0.39, 0.29) is 0 Å². The first-order valence-electron chi connectivity index (χ1n) is 4.92. The van der Waals surface area contributed by atoms with E-state index in [1.807, 2.05) is 0 Å². The quantitative estimate of drug-likeness (QED) is 0.650. The lowest BCUT2D eigenvalue weighted by atomic mass is 10.1. The summed E-state index contributed by atoms with van der Waals surface area (Å²) in [5, 5.41) is 0. The minimum absolute atomic E-state index is 0.658. The molecule has 3 nitrogen and oxygen atoms in total. The molecule has 2 fully saturated rings. The summed E-state index contributed by atoms with van der Waals surface area (Å²) >= 11 is 0. The lowest BCUT2D eigenvalue weighted by Gasteiger charge is -2.32. The van der Waals surface area contributed by atoms with Crippen LogP contribution in [0.2, 0.25) is 0 Å². The second-order valence-corrected chi connectivity index (χ2v) is 3.93. The molecule has 2 aliphatic rings. The van der Waals surface area contributed by atoms with Crippen molar-refractivity contribution < 1.29 is 4.74 Å². The minimum Gasteiger partial charge on any atom is -0.381 e. The van der Waals surface area contributed by atoms with E-state index in [9.17, 15) is 0 Å². The average Bonchev–Trinajstić information content (AvgIpc) is 2.43. The predicted octanol–water partition coefficient (Wildman–Crippen LogP) is 0.0559. The number of hydrogen-bond acceptors (Lipinski definition) is 3. The van der Waals surface area contributed by atoms with Crippen LogP contribution in [0.1, 0.15) is 12.8 Å². The molecular formula is C9H18N2O. The van der Waals surface area contributed by atoms with Crippen molar-refractivity contribution in [1.82, 2.24) is 4.90 Å². The zero-order valence-corrected chi connectivity index (χ0v) is 7.54. The van der Waals surface area contributed by atoms with E-state index in [0.717, 1.165) is 25.7 Å². The summed E-state index contributed by atoms with van der Waals surface area (Å²) in [5.41, 5.74) is 5.69. The molecule has 3 heteroatoms. The van der Waals surface area contributed by atoms with Crippen molar-refractivity contribution >= 4 is 0 Å². The molecule has 2 heterocycles. The van der Waals surface area contributed by atoms with E-state index in [2.05, 4.69) is 4.90 Å². The van der Waals surface area contributed by atoms with Gasteiger partial charge >= 0.3 is 0 Å². The summed E-state index contributed by atoms with van der Waals surface area (Å²) in [5.74, 6) is 0.789. The average molecular weight is 170 g/mol. The zero-order chi connectivity index (χ0) is 8.39. The Bertz CT molecular complexity index is 147. The highest BCUT2D eigenvalue weighted by Gasteiger charge is 2.28. The Morgan fingerprint density at radius 2 is 2.25 bits per heavy atom. The van der Waals surface area contributed by atoms with Crippen LogP contribution in [0.15, 0.2) is 0 Å². The summed E-state index contributed by atoms with van der Waals surface area (Å²) in [6, 6.07) is 0.658. The number of hydrogen-bond donors (Lipinski definition) is 1. The maximum absolute atomic E-state index is 5.69. The van der Waals surface area contributed by atoms with Crippen LogP contribution in [0.3, 0.4) is 0 Å². The van der Waals surface area contributed by atoms with Gasteiger partial charge in [-0.1, -0.05) is 0 Å². The van der Waals surface area contributed by atoms with E-state index >= 15 is 0 Å². The van der Waals surface area contributed by atoms with Gasteiger partial charge in [-0.15, -0.1) is 0 Å². The first kappa shape index (κ1) is 8.48. The largest absolute Gasteiger partial charge is 0.381 e. The van der Waals surface area contributed by atoms with Crippen LogP contribution in [0.4, 0.5) is 0 Å². The van der Waals surface area contributed by atoms with Gasteiger partial charge < -0.3 is 10.5 Å². The smallest absolute Gasteiger partial charge is 0.0528 e. The van der Waals surface area contributed by atoms with Crippen LogP contribution in [0, 0.1) is 5.92 Å². The lowest BCUT2D eigenvalue weighted by Crippen LogP contribution is -2.43. The number of ether oxygens (including phenoxy) is 1. The molecule has 0 aromatic heterocycles. The van der Waals surface area contributed by atoms with Gasteiger partial charge in [-0.25, -0.2) is 0 Å². The molecule has 2 aliphatic heterocycles. The third-order valence-corrected chi connectivity index (χ3v) is 2.97. The molecule has 2 rings (SSSR count). The Balaban J connectivity index is 1.77. The van der Waals surface area contributed by atoms with Gasteiger partial charge in [0, 0.05) is 25.0 Å². The highest BCUT2D eigenvalue weighted by molar-refractivity contribution is 4.82. The molecule has 0 bridgehead atoms. The van der Waals surface area contributed by atoms with Crippen LogP contribution in [-0.2, 0) is 4.74 Å². The summed E-state index contributed by atoms with van der Waals surface area (Å²) in [6.45, 7) is 5.22. The Labute approximate surface area is 73.9 Å². The van der Waals surface area contributed by atoms with Crippen LogP contribution >= 0.6 is 0 Å². The maximum atomic E-state index is 5.69. The molecule has 0 saturated carbocycles. The van der Waals surface area contributed by atoms with Gasteiger partial charge in [-0.3, -0.25) is 4.90 Å². The molecule has 0 spiro atoms. The van der Waals surface area contributed by atoms with Gasteiger partial charge in [0.1, 0.15) is 0 Å². The second-order valence-electron chi connectivity index (χ2n) is 3.93. The van der Waals surface area contributed by atoms with Crippen molar-refractivity contribution in [2.24, 2.45) is 11.7 Å². The molecule has 1 unspecified atom stereocenters. The molecule has 0 aliphatic carbocycles. The fraction of sp³-hybridized carbons (Fsp3) is 1.00. The maximum Gasteiger partial charge on any atom is 0.0528 e. The van der Waals surface area contributed by atoms with Gasteiger partial charge in [-0.2, -0.15) is 0 Å². The van der Waals surface area contributed by atoms with Crippen molar-refractivity contribution in [3.63, 3.8) is 0 Å². The van der Waals surface area contributed by atoms with Crippen molar-refractivity contribution in [2.45, 2.75) is 18.9 Å². The summed E-state index contributed by atoms with van der Waals surface area (Å²) in [4.78, 5) is 2.53. The molecule has 2 N–H and O–H groups in total. The third kappa shape index (κ3) is 1.63. The molecular weight excluding hydrogens is 152 g/mol. The van der Waals surface area contributed by atoms with E-state index < -0.39 is 0 Å². The van der Waals surface area contributed by atoms with Crippen molar-refractivity contribution in [3.05, 3.63) is 0 Å². The van der Waals surface area contributed by atoms with E-state index in [1.165, 1.54) is 25.9 Å². The lowest BCUT2D eigenvalue weighted by molar-refractivity contribution is -0.0475. The highest BCUT2D eigenvalue weighted by atomic mass is 16.5. The summed E-state index contributed by atoms with van der Waals surface area (Å²) in [7, 11) is 0.